The number of rotatable bonds is 6. The molecule has 1 amide bonds. The number of carbonyl (C=O) groups excluding carboxylic acids is 1. The molecule has 1 saturated carbocycles. The van der Waals surface area contributed by atoms with Gasteiger partial charge < -0.3 is 10.2 Å². The Balaban J connectivity index is 1.48. The third-order valence-electron chi connectivity index (χ3n) is 4.76. The van der Waals surface area contributed by atoms with Gasteiger partial charge in [-0.1, -0.05) is 19.3 Å². The van der Waals surface area contributed by atoms with Gasteiger partial charge in [0.1, 0.15) is 5.56 Å². The molecule has 0 saturated heterocycles. The standard InChI is InChI=1S/C17H24N4O2S/c1-20(13-6-3-2-4-7-13)9-5-8-18-15(22)14-12-19-17-21(16(14)23)10-11-24-17/h10-13H,2-9H2,1H3,(H,18,22). The number of fused-ring (bicyclic) bond motifs is 1. The van der Waals surface area contributed by atoms with Crippen LogP contribution < -0.4 is 10.9 Å². The summed E-state index contributed by atoms with van der Waals surface area (Å²) in [6, 6.07) is 0.685. The molecule has 24 heavy (non-hydrogen) atoms. The van der Waals surface area contributed by atoms with E-state index in [1.54, 1.807) is 11.6 Å². The SMILES string of the molecule is CN(CCCNC(=O)c1cnc2sccn2c1=O)C1CCCCC1. The van der Waals surface area contributed by atoms with Crippen LogP contribution in [0.5, 0.6) is 0 Å². The molecule has 6 nitrogen and oxygen atoms in total. The van der Waals surface area contributed by atoms with Crippen LogP contribution in [0.1, 0.15) is 48.9 Å². The lowest BCUT2D eigenvalue weighted by molar-refractivity contribution is 0.0948. The number of carbonyl (C=O) groups is 1. The Bertz CT molecular complexity index is 748. The van der Waals surface area contributed by atoms with E-state index in [-0.39, 0.29) is 17.0 Å². The Morgan fingerprint density at radius 3 is 3.00 bits per heavy atom. The van der Waals surface area contributed by atoms with E-state index in [0.29, 0.717) is 17.5 Å². The van der Waals surface area contributed by atoms with Gasteiger partial charge in [0.2, 0.25) is 0 Å². The first-order valence-corrected chi connectivity index (χ1v) is 9.48. The van der Waals surface area contributed by atoms with Gasteiger partial charge in [-0.25, -0.2) is 4.98 Å². The molecule has 2 aromatic rings. The molecule has 7 heteroatoms. The van der Waals surface area contributed by atoms with Crippen LogP contribution in [-0.2, 0) is 0 Å². The van der Waals surface area contributed by atoms with E-state index in [0.717, 1.165) is 13.0 Å². The zero-order valence-corrected chi connectivity index (χ0v) is 14.8. The molecule has 1 N–H and O–H groups in total. The van der Waals surface area contributed by atoms with Crippen molar-refractivity contribution in [1.29, 1.82) is 0 Å². The van der Waals surface area contributed by atoms with Gasteiger partial charge in [-0.05, 0) is 32.9 Å². The lowest BCUT2D eigenvalue weighted by Gasteiger charge is -2.31. The summed E-state index contributed by atoms with van der Waals surface area (Å²) in [6.45, 7) is 1.54. The highest BCUT2D eigenvalue weighted by Crippen LogP contribution is 2.21. The van der Waals surface area contributed by atoms with Crippen molar-refractivity contribution in [3.05, 3.63) is 33.7 Å². The van der Waals surface area contributed by atoms with Crippen molar-refractivity contribution in [2.75, 3.05) is 20.1 Å². The second-order valence-corrected chi connectivity index (χ2v) is 7.29. The Morgan fingerprint density at radius 1 is 1.42 bits per heavy atom. The highest BCUT2D eigenvalue weighted by atomic mass is 32.1. The van der Waals surface area contributed by atoms with Crippen LogP contribution in [0.3, 0.4) is 0 Å². The van der Waals surface area contributed by atoms with E-state index in [2.05, 4.69) is 22.2 Å². The van der Waals surface area contributed by atoms with E-state index >= 15 is 0 Å². The maximum absolute atomic E-state index is 12.2. The number of amides is 1. The highest BCUT2D eigenvalue weighted by molar-refractivity contribution is 7.15. The van der Waals surface area contributed by atoms with Crippen LogP contribution >= 0.6 is 11.3 Å². The van der Waals surface area contributed by atoms with Crippen LogP contribution in [0.4, 0.5) is 0 Å². The molecule has 1 aliphatic carbocycles. The van der Waals surface area contributed by atoms with E-state index in [1.165, 1.54) is 54.0 Å². The number of thiazole rings is 1. The maximum atomic E-state index is 12.2. The molecule has 130 valence electrons. The fourth-order valence-electron chi connectivity index (χ4n) is 3.31. The van der Waals surface area contributed by atoms with Crippen LogP contribution in [0.2, 0.25) is 0 Å². The largest absolute Gasteiger partial charge is 0.352 e. The van der Waals surface area contributed by atoms with Crippen molar-refractivity contribution in [2.24, 2.45) is 0 Å². The predicted octanol–water partition coefficient (Wildman–Crippen LogP) is 2.14. The van der Waals surface area contributed by atoms with E-state index < -0.39 is 0 Å². The minimum absolute atomic E-state index is 0.103. The van der Waals surface area contributed by atoms with E-state index in [9.17, 15) is 9.59 Å². The minimum atomic E-state index is -0.339. The molecular weight excluding hydrogens is 324 g/mol. The number of hydrogen-bond donors (Lipinski definition) is 1. The van der Waals surface area contributed by atoms with Crippen molar-refractivity contribution in [3.8, 4) is 0 Å². The highest BCUT2D eigenvalue weighted by Gasteiger charge is 2.18. The van der Waals surface area contributed by atoms with Gasteiger partial charge in [0.05, 0.1) is 0 Å². The van der Waals surface area contributed by atoms with Crippen molar-refractivity contribution in [1.82, 2.24) is 19.6 Å². The van der Waals surface area contributed by atoms with Crippen LogP contribution in [0.25, 0.3) is 4.96 Å². The zero-order valence-electron chi connectivity index (χ0n) is 14.0. The first-order chi connectivity index (χ1) is 11.7. The summed E-state index contributed by atoms with van der Waals surface area (Å²) in [5.41, 5.74) is -0.204. The topological polar surface area (TPSA) is 66.7 Å². The average Bonchev–Trinajstić information content (AvgIpc) is 3.09. The molecule has 2 heterocycles. The van der Waals surface area contributed by atoms with Gasteiger partial charge in [0.15, 0.2) is 4.96 Å². The van der Waals surface area contributed by atoms with Gasteiger partial charge >= 0.3 is 0 Å². The van der Waals surface area contributed by atoms with Crippen molar-refractivity contribution >= 4 is 22.2 Å². The zero-order chi connectivity index (χ0) is 16.9. The predicted molar refractivity (Wildman–Crippen MR) is 95.8 cm³/mol. The third kappa shape index (κ3) is 3.84. The van der Waals surface area contributed by atoms with Crippen LogP contribution in [-0.4, -0.2) is 46.4 Å². The summed E-state index contributed by atoms with van der Waals surface area (Å²) >= 11 is 1.37. The molecule has 0 atom stereocenters. The number of hydrogen-bond acceptors (Lipinski definition) is 5. The molecule has 0 spiro atoms. The van der Waals surface area contributed by atoms with Gasteiger partial charge in [0, 0.05) is 30.4 Å². The van der Waals surface area contributed by atoms with Gasteiger partial charge in [-0.15, -0.1) is 11.3 Å². The molecule has 0 radical (unpaired) electrons. The van der Waals surface area contributed by atoms with Gasteiger partial charge in [-0.3, -0.25) is 14.0 Å². The fourth-order valence-corrected chi connectivity index (χ4v) is 3.99. The van der Waals surface area contributed by atoms with Crippen molar-refractivity contribution < 1.29 is 4.79 Å². The number of nitrogens with zero attached hydrogens (tertiary/aromatic N) is 3. The normalized spacial score (nSPS) is 15.9. The van der Waals surface area contributed by atoms with E-state index in [1.807, 2.05) is 0 Å². The van der Waals surface area contributed by atoms with Crippen LogP contribution in [0.15, 0.2) is 22.6 Å². The summed E-state index contributed by atoms with van der Waals surface area (Å²) in [5.74, 6) is -0.339. The smallest absolute Gasteiger partial charge is 0.271 e. The maximum Gasteiger partial charge on any atom is 0.271 e. The molecule has 1 fully saturated rings. The second-order valence-electron chi connectivity index (χ2n) is 6.41. The molecule has 0 unspecified atom stereocenters. The lowest BCUT2D eigenvalue weighted by atomic mass is 9.94. The fraction of sp³-hybridized carbons (Fsp3) is 0.588. The van der Waals surface area contributed by atoms with Gasteiger partial charge in [-0.2, -0.15) is 0 Å². The molecule has 2 aromatic heterocycles. The first kappa shape index (κ1) is 17.1. The van der Waals surface area contributed by atoms with Crippen molar-refractivity contribution in [2.45, 2.75) is 44.6 Å². The summed E-state index contributed by atoms with van der Waals surface area (Å²) in [4.78, 5) is 31.6. The monoisotopic (exact) mass is 348 g/mol. The average molecular weight is 348 g/mol. The molecular formula is C17H24N4O2S. The minimum Gasteiger partial charge on any atom is -0.352 e. The number of nitrogens with one attached hydrogen (secondary N) is 1. The molecule has 0 aliphatic heterocycles. The summed E-state index contributed by atoms with van der Waals surface area (Å²) in [7, 11) is 2.17. The summed E-state index contributed by atoms with van der Waals surface area (Å²) in [6.07, 6.45) is 10.5. The Morgan fingerprint density at radius 2 is 2.21 bits per heavy atom. The number of aromatic nitrogens is 2. The Labute approximate surface area is 145 Å². The first-order valence-electron chi connectivity index (χ1n) is 8.60. The summed E-state index contributed by atoms with van der Waals surface area (Å²) in [5, 5.41) is 4.62. The summed E-state index contributed by atoms with van der Waals surface area (Å²) < 4.78 is 1.41. The molecule has 1 aliphatic rings. The Kier molecular flexibility index (Phi) is 5.63. The van der Waals surface area contributed by atoms with Crippen molar-refractivity contribution in [3.63, 3.8) is 0 Å². The molecule has 3 rings (SSSR count). The quantitative estimate of drug-likeness (QED) is 0.812. The molecule has 0 bridgehead atoms. The second kappa shape index (κ2) is 7.90. The van der Waals surface area contributed by atoms with Crippen LogP contribution in [0, 0.1) is 0 Å². The third-order valence-corrected chi connectivity index (χ3v) is 5.53. The molecule has 0 aromatic carbocycles. The van der Waals surface area contributed by atoms with E-state index in [4.69, 9.17) is 0 Å². The van der Waals surface area contributed by atoms with Gasteiger partial charge in [0.25, 0.3) is 11.5 Å². The Hall–Kier alpha value is -1.73. The lowest BCUT2D eigenvalue weighted by Crippen LogP contribution is -2.36.